The van der Waals surface area contributed by atoms with Crippen LogP contribution in [0.2, 0.25) is 0 Å². The molecule has 2 aromatic rings. The highest BCUT2D eigenvalue weighted by molar-refractivity contribution is 7.91. The molecule has 0 bridgehead atoms. The van der Waals surface area contributed by atoms with Crippen LogP contribution in [0.5, 0.6) is 0 Å². The number of anilines is 1. The number of nitrogens with zero attached hydrogens (tertiary/aromatic N) is 2. The second-order valence-corrected chi connectivity index (χ2v) is 16.3. The van der Waals surface area contributed by atoms with Crippen molar-refractivity contribution in [2.24, 2.45) is 11.1 Å². The van der Waals surface area contributed by atoms with Crippen LogP contribution in [-0.2, 0) is 33.9 Å². The number of hydrogen-bond acceptors (Lipinski definition) is 6. The van der Waals surface area contributed by atoms with Crippen LogP contribution in [0.3, 0.4) is 0 Å². The van der Waals surface area contributed by atoms with Crippen LogP contribution in [0.4, 0.5) is 18.9 Å². The van der Waals surface area contributed by atoms with Crippen molar-refractivity contribution in [2.75, 3.05) is 30.7 Å². The van der Waals surface area contributed by atoms with Crippen LogP contribution in [0.15, 0.2) is 17.0 Å². The fourth-order valence-electron chi connectivity index (χ4n) is 7.94. The molecule has 46 heavy (non-hydrogen) atoms. The minimum absolute atomic E-state index is 0.0331. The molecule has 13 heteroatoms. The molecular formula is C33H44F3N5O4S. The number of halogens is 3. The number of aromatic nitrogens is 1. The Balaban J connectivity index is 1.16. The minimum atomic E-state index is -3.52. The first kappa shape index (κ1) is 32.9. The van der Waals surface area contributed by atoms with Gasteiger partial charge in [0.2, 0.25) is 5.91 Å². The quantitative estimate of drug-likeness (QED) is 0.382. The van der Waals surface area contributed by atoms with E-state index in [0.29, 0.717) is 80.9 Å². The summed E-state index contributed by atoms with van der Waals surface area (Å²) in [4.78, 5) is 27.3. The number of amides is 2. The average molecular weight is 664 g/mol. The summed E-state index contributed by atoms with van der Waals surface area (Å²) in [6, 6.07) is 2.86. The fourth-order valence-corrected chi connectivity index (χ4v) is 10.3. The number of rotatable bonds is 8. The highest BCUT2D eigenvalue weighted by atomic mass is 32.2. The van der Waals surface area contributed by atoms with Crippen LogP contribution in [0.25, 0.3) is 5.69 Å². The molecule has 1 saturated heterocycles. The number of carbonyl (C=O) groups excluding carboxylic acids is 2. The number of primary amides is 1. The summed E-state index contributed by atoms with van der Waals surface area (Å²) in [6.45, 7) is 4.89. The third-order valence-electron chi connectivity index (χ3n) is 10.1. The number of benzene rings is 1. The van der Waals surface area contributed by atoms with E-state index in [1.54, 1.807) is 6.07 Å². The van der Waals surface area contributed by atoms with Crippen molar-refractivity contribution >= 4 is 27.3 Å². The van der Waals surface area contributed by atoms with Crippen molar-refractivity contribution in [3.63, 3.8) is 0 Å². The molecule has 0 spiro atoms. The average Bonchev–Trinajstić information content (AvgIpc) is 3.52. The minimum Gasteiger partial charge on any atom is -0.382 e. The van der Waals surface area contributed by atoms with Gasteiger partial charge in [0.1, 0.15) is 5.82 Å². The molecule has 1 aromatic carbocycles. The molecule has 2 amide bonds. The normalized spacial score (nSPS) is 25.0. The second kappa shape index (κ2) is 12.2. The first-order valence-electron chi connectivity index (χ1n) is 16.4. The van der Waals surface area contributed by atoms with Gasteiger partial charge in [0.15, 0.2) is 9.84 Å². The maximum atomic E-state index is 15.7. The molecule has 9 nitrogen and oxygen atoms in total. The van der Waals surface area contributed by atoms with E-state index in [4.69, 9.17) is 5.73 Å². The van der Waals surface area contributed by atoms with Gasteiger partial charge < -0.3 is 25.8 Å². The Kier molecular flexibility index (Phi) is 8.71. The number of nitrogens with two attached hydrogens (primary N) is 1. The maximum absolute atomic E-state index is 15.7. The predicted octanol–water partition coefficient (Wildman–Crippen LogP) is 4.52. The summed E-state index contributed by atoms with van der Waals surface area (Å²) in [6.07, 6.45) is 5.28. The van der Waals surface area contributed by atoms with Gasteiger partial charge in [0.25, 0.3) is 11.8 Å². The van der Waals surface area contributed by atoms with Crippen molar-refractivity contribution < 1.29 is 31.2 Å². The molecule has 2 fully saturated rings. The summed E-state index contributed by atoms with van der Waals surface area (Å²) in [7, 11) is -3.52. The summed E-state index contributed by atoms with van der Waals surface area (Å²) in [5, 5.41) is 6.41. The van der Waals surface area contributed by atoms with Crippen molar-refractivity contribution in [1.82, 2.24) is 14.8 Å². The Morgan fingerprint density at radius 2 is 1.70 bits per heavy atom. The smallest absolute Gasteiger partial charge is 0.253 e. The van der Waals surface area contributed by atoms with Gasteiger partial charge in [-0.1, -0.05) is 13.8 Å². The molecule has 1 saturated carbocycles. The van der Waals surface area contributed by atoms with Crippen LogP contribution in [0.1, 0.15) is 92.5 Å². The van der Waals surface area contributed by atoms with E-state index in [2.05, 4.69) is 10.6 Å². The lowest BCUT2D eigenvalue weighted by atomic mass is 9.89. The fraction of sp³-hybridized carbons (Fsp3) is 0.636. The SMILES string of the molecule is CC1(C)Cc2c(c3c(n2-c2cc(F)c(C(N)=O)c(NC4CCC(NC(=O)CCN5CCC(F)(F)CC5)CC4)c2)CCC3)S(=O)(=O)C1. The maximum Gasteiger partial charge on any atom is 0.253 e. The summed E-state index contributed by atoms with van der Waals surface area (Å²) >= 11 is 0. The molecule has 6 rings (SSSR count). The van der Waals surface area contributed by atoms with Gasteiger partial charge in [-0.2, -0.15) is 0 Å². The molecule has 3 heterocycles. The zero-order valence-electron chi connectivity index (χ0n) is 26.6. The molecule has 252 valence electrons. The number of carbonyl (C=O) groups is 2. The van der Waals surface area contributed by atoms with Crippen LogP contribution in [0, 0.1) is 11.2 Å². The van der Waals surface area contributed by atoms with Crippen molar-refractivity contribution in [3.05, 3.63) is 40.5 Å². The highest BCUT2D eigenvalue weighted by Crippen LogP contribution is 2.45. The van der Waals surface area contributed by atoms with Gasteiger partial charge in [-0.3, -0.25) is 9.59 Å². The van der Waals surface area contributed by atoms with Gasteiger partial charge in [-0.05, 0) is 74.5 Å². The molecule has 4 aliphatic rings. The number of sulfone groups is 1. The van der Waals surface area contributed by atoms with E-state index in [0.717, 1.165) is 17.7 Å². The van der Waals surface area contributed by atoms with Gasteiger partial charge in [0.05, 0.1) is 27.6 Å². The van der Waals surface area contributed by atoms with E-state index in [9.17, 15) is 26.8 Å². The number of nitrogens with one attached hydrogen (secondary N) is 2. The Morgan fingerprint density at radius 3 is 2.37 bits per heavy atom. The van der Waals surface area contributed by atoms with Crippen LogP contribution < -0.4 is 16.4 Å². The zero-order valence-corrected chi connectivity index (χ0v) is 27.4. The number of alkyl halides is 2. The molecular weight excluding hydrogens is 619 g/mol. The highest BCUT2D eigenvalue weighted by Gasteiger charge is 2.43. The molecule has 0 radical (unpaired) electrons. The van der Waals surface area contributed by atoms with Gasteiger partial charge in [0, 0.05) is 62.4 Å². The van der Waals surface area contributed by atoms with E-state index in [-0.39, 0.29) is 54.3 Å². The summed E-state index contributed by atoms with van der Waals surface area (Å²) in [5.41, 5.74) is 8.05. The van der Waals surface area contributed by atoms with Gasteiger partial charge in [-0.15, -0.1) is 0 Å². The Bertz CT molecular complexity index is 1640. The Morgan fingerprint density at radius 1 is 1.02 bits per heavy atom. The van der Waals surface area contributed by atoms with Crippen LogP contribution >= 0.6 is 0 Å². The first-order valence-corrected chi connectivity index (χ1v) is 18.1. The molecule has 0 atom stereocenters. The van der Waals surface area contributed by atoms with Crippen molar-refractivity contribution in [3.8, 4) is 5.69 Å². The lowest BCUT2D eigenvalue weighted by Gasteiger charge is -2.33. The monoisotopic (exact) mass is 663 g/mol. The largest absolute Gasteiger partial charge is 0.382 e. The Labute approximate surface area is 268 Å². The third kappa shape index (κ3) is 6.67. The summed E-state index contributed by atoms with van der Waals surface area (Å²) in [5.74, 6) is -4.31. The topological polar surface area (TPSA) is 127 Å². The van der Waals surface area contributed by atoms with Crippen molar-refractivity contribution in [2.45, 2.75) is 107 Å². The van der Waals surface area contributed by atoms with Crippen LogP contribution in [-0.4, -0.2) is 73.1 Å². The zero-order chi connectivity index (χ0) is 33.0. The van der Waals surface area contributed by atoms with E-state index in [1.165, 1.54) is 6.07 Å². The van der Waals surface area contributed by atoms with Crippen molar-refractivity contribution in [1.29, 1.82) is 0 Å². The van der Waals surface area contributed by atoms with E-state index in [1.807, 2.05) is 23.3 Å². The number of likely N-dealkylation sites (tertiary alicyclic amines) is 1. The molecule has 1 aromatic heterocycles. The van der Waals surface area contributed by atoms with E-state index < -0.39 is 32.9 Å². The number of hydrogen-bond donors (Lipinski definition) is 3. The molecule has 2 aliphatic heterocycles. The lowest BCUT2D eigenvalue weighted by molar-refractivity contribution is -0.122. The third-order valence-corrected chi connectivity index (χ3v) is 12.3. The van der Waals surface area contributed by atoms with E-state index >= 15 is 4.39 Å². The second-order valence-electron chi connectivity index (χ2n) is 14.4. The lowest BCUT2D eigenvalue weighted by Crippen LogP contribution is -2.43. The molecule has 4 N–H and O–H groups in total. The first-order chi connectivity index (χ1) is 21.6. The molecule has 2 aliphatic carbocycles. The standard InChI is InChI=1S/C33H44F3N5O4S/c1-32(2)18-27-30(46(44,45)19-32)23-4-3-5-26(23)41(27)22-16-24(34)29(31(37)43)25(17-22)38-20-6-8-21(9-7-20)39-28(42)10-13-40-14-11-33(35,36)12-15-40/h16-17,20-21,38H,3-15,18-19H2,1-2H3,(H2,37,43)(H,39,42). The predicted molar refractivity (Wildman–Crippen MR) is 169 cm³/mol. The number of piperidine rings is 1. The van der Waals surface area contributed by atoms with Gasteiger partial charge >= 0.3 is 0 Å². The Hall–Kier alpha value is -3.06. The summed E-state index contributed by atoms with van der Waals surface area (Å²) < 4.78 is 71.3. The molecule has 0 unspecified atom stereocenters. The van der Waals surface area contributed by atoms with Gasteiger partial charge in [-0.25, -0.2) is 21.6 Å². The number of fused-ring (bicyclic) bond motifs is 3.